The van der Waals surface area contributed by atoms with Crippen molar-refractivity contribution in [2.45, 2.75) is 23.7 Å². The summed E-state index contributed by atoms with van der Waals surface area (Å²) in [5.41, 5.74) is 14.8. The zero-order chi connectivity index (χ0) is 39.9. The Kier molecular flexibility index (Phi) is 9.09. The van der Waals surface area contributed by atoms with Crippen LogP contribution in [-0.4, -0.2) is 0 Å². The Morgan fingerprint density at radius 3 is 1.90 bits per heavy atom. The topological polar surface area (TPSA) is 3.24 Å². The molecule has 0 aromatic heterocycles. The first kappa shape index (κ1) is 35.9. The van der Waals surface area contributed by atoms with Crippen LogP contribution in [0.2, 0.25) is 0 Å². The monoisotopic (exact) mass is 767 g/mol. The molecule has 0 fully saturated rings. The van der Waals surface area contributed by atoms with Crippen LogP contribution in [0.25, 0.3) is 33.0 Å². The number of allylic oxidation sites excluding steroid dienone is 8. The molecule has 0 aliphatic heterocycles. The van der Waals surface area contributed by atoms with Gasteiger partial charge in [0.15, 0.2) is 0 Å². The molecule has 1 nitrogen and oxygen atoms in total. The molecule has 8 aromatic carbocycles. The minimum absolute atomic E-state index is 0.191. The molecule has 3 aliphatic carbocycles. The lowest BCUT2D eigenvalue weighted by Gasteiger charge is -2.40. The van der Waals surface area contributed by atoms with Crippen LogP contribution in [0.5, 0.6) is 0 Å². The Labute approximate surface area is 353 Å². The normalized spacial score (nSPS) is 19.9. The van der Waals surface area contributed by atoms with E-state index in [0.717, 1.165) is 23.5 Å². The van der Waals surface area contributed by atoms with E-state index >= 15 is 0 Å². The fourth-order valence-electron chi connectivity index (χ4n) is 10.5. The summed E-state index contributed by atoms with van der Waals surface area (Å²) in [6.45, 7) is 0. The Morgan fingerprint density at radius 2 is 1.10 bits per heavy atom. The van der Waals surface area contributed by atoms with Gasteiger partial charge < -0.3 is 4.90 Å². The summed E-state index contributed by atoms with van der Waals surface area (Å²) in [5.74, 6) is 0.666. The number of rotatable bonds is 8. The molecule has 0 saturated carbocycles. The van der Waals surface area contributed by atoms with E-state index in [2.05, 4.69) is 248 Å². The predicted molar refractivity (Wildman–Crippen MR) is 252 cm³/mol. The van der Waals surface area contributed by atoms with Crippen LogP contribution in [0.1, 0.15) is 46.1 Å². The highest BCUT2D eigenvalue weighted by atomic mass is 15.1. The van der Waals surface area contributed by atoms with Crippen molar-refractivity contribution in [1.82, 2.24) is 0 Å². The van der Waals surface area contributed by atoms with Gasteiger partial charge in [-0.25, -0.2) is 0 Å². The SMILES string of the molecule is C1=CCC(C2(c3ccccc3)c3ccccc3-c3ccc(N(c4cccc(C5C=CC=CC5c5ccccc5)c4)c4ccc5ccccc5c4-c4ccccc4)cc32)C=C1. The van der Waals surface area contributed by atoms with E-state index < -0.39 is 0 Å². The van der Waals surface area contributed by atoms with Crippen molar-refractivity contribution in [2.24, 2.45) is 5.92 Å². The number of nitrogens with zero attached hydrogens (tertiary/aromatic N) is 1. The number of hydrogen-bond acceptors (Lipinski definition) is 1. The molecular weight excluding hydrogens is 723 g/mol. The van der Waals surface area contributed by atoms with Gasteiger partial charge >= 0.3 is 0 Å². The third-order valence-corrected chi connectivity index (χ3v) is 13.1. The molecular formula is C59H45N. The molecule has 0 radical (unpaired) electrons. The summed E-state index contributed by atoms with van der Waals surface area (Å²) < 4.78 is 0. The second kappa shape index (κ2) is 15.2. The molecule has 4 unspecified atom stereocenters. The quantitative estimate of drug-likeness (QED) is 0.149. The van der Waals surface area contributed by atoms with Gasteiger partial charge in [-0.15, -0.1) is 0 Å². The van der Waals surface area contributed by atoms with E-state index in [1.54, 1.807) is 0 Å². The lowest BCUT2D eigenvalue weighted by molar-refractivity contribution is 0.457. The Balaban J connectivity index is 1.18. The smallest absolute Gasteiger partial charge is 0.0546 e. The van der Waals surface area contributed by atoms with Crippen molar-refractivity contribution in [3.8, 4) is 22.3 Å². The van der Waals surface area contributed by atoms with E-state index in [0.29, 0.717) is 0 Å². The molecule has 0 spiro atoms. The Hall–Kier alpha value is -7.22. The summed E-state index contributed by atoms with van der Waals surface area (Å²) in [5, 5.41) is 2.46. The van der Waals surface area contributed by atoms with Gasteiger partial charge in [0.2, 0.25) is 0 Å². The first-order valence-electron chi connectivity index (χ1n) is 21.3. The van der Waals surface area contributed by atoms with E-state index in [1.165, 1.54) is 60.8 Å². The molecule has 0 saturated heterocycles. The Morgan fingerprint density at radius 1 is 0.450 bits per heavy atom. The largest absolute Gasteiger partial charge is 0.310 e. The second-order valence-corrected chi connectivity index (χ2v) is 16.3. The summed E-state index contributed by atoms with van der Waals surface area (Å²) in [4.78, 5) is 2.54. The highest BCUT2D eigenvalue weighted by Gasteiger charge is 2.49. The average molecular weight is 768 g/mol. The zero-order valence-corrected chi connectivity index (χ0v) is 33.5. The second-order valence-electron chi connectivity index (χ2n) is 16.3. The molecule has 1 heteroatoms. The van der Waals surface area contributed by atoms with Crippen LogP contribution < -0.4 is 4.90 Å². The fourth-order valence-corrected chi connectivity index (χ4v) is 10.5. The molecule has 8 aromatic rings. The number of fused-ring (bicyclic) bond motifs is 4. The van der Waals surface area contributed by atoms with Crippen LogP contribution >= 0.6 is 0 Å². The van der Waals surface area contributed by atoms with Gasteiger partial charge in [0.25, 0.3) is 0 Å². The maximum atomic E-state index is 2.54. The van der Waals surface area contributed by atoms with Crippen LogP contribution in [0.15, 0.2) is 243 Å². The van der Waals surface area contributed by atoms with Gasteiger partial charge in [-0.2, -0.15) is 0 Å². The summed E-state index contributed by atoms with van der Waals surface area (Å²) in [7, 11) is 0. The van der Waals surface area contributed by atoms with Gasteiger partial charge in [-0.1, -0.05) is 212 Å². The summed E-state index contributed by atoms with van der Waals surface area (Å²) >= 11 is 0. The van der Waals surface area contributed by atoms with Crippen LogP contribution in [0, 0.1) is 5.92 Å². The van der Waals surface area contributed by atoms with Crippen molar-refractivity contribution in [1.29, 1.82) is 0 Å². The molecule has 60 heavy (non-hydrogen) atoms. The van der Waals surface area contributed by atoms with Crippen LogP contribution in [-0.2, 0) is 5.41 Å². The van der Waals surface area contributed by atoms with Gasteiger partial charge in [0.1, 0.15) is 0 Å². The molecule has 0 bridgehead atoms. The van der Waals surface area contributed by atoms with Gasteiger partial charge in [-0.05, 0) is 98.0 Å². The van der Waals surface area contributed by atoms with Crippen LogP contribution in [0.3, 0.4) is 0 Å². The van der Waals surface area contributed by atoms with Crippen molar-refractivity contribution in [3.63, 3.8) is 0 Å². The predicted octanol–water partition coefficient (Wildman–Crippen LogP) is 15.4. The molecule has 0 N–H and O–H groups in total. The lowest BCUT2D eigenvalue weighted by atomic mass is 9.62. The first-order valence-corrected chi connectivity index (χ1v) is 21.3. The average Bonchev–Trinajstić information content (AvgIpc) is 3.63. The summed E-state index contributed by atoms with van der Waals surface area (Å²) in [6.07, 6.45) is 19.3. The maximum Gasteiger partial charge on any atom is 0.0546 e. The molecule has 286 valence electrons. The van der Waals surface area contributed by atoms with Gasteiger partial charge in [0, 0.05) is 28.8 Å². The molecule has 11 rings (SSSR count). The highest BCUT2D eigenvalue weighted by molar-refractivity contribution is 6.05. The number of benzene rings is 8. The molecule has 4 atom stereocenters. The number of hydrogen-bond donors (Lipinski definition) is 0. The standard InChI is InChI=1S/C59H45N/c1-5-20-42(21-6-1)50-31-15-16-32-51(50)45-25-19-30-48(40-45)60(57-39-36-43-22-13-14-33-52(43)58(57)44-23-7-2-8-24-44)49-37-38-54-53-34-17-18-35-55(53)59(56(54)41-49,46-26-9-3-10-27-46)47-28-11-4-12-29-47/h1-28,30-41,47,50-51H,29H2. The lowest BCUT2D eigenvalue weighted by Crippen LogP contribution is -2.35. The van der Waals surface area contributed by atoms with Crippen molar-refractivity contribution in [2.75, 3.05) is 4.90 Å². The van der Waals surface area contributed by atoms with Crippen LogP contribution in [0.4, 0.5) is 17.1 Å². The molecule has 0 heterocycles. The highest BCUT2D eigenvalue weighted by Crippen LogP contribution is 2.59. The van der Waals surface area contributed by atoms with Gasteiger partial charge in [-0.3, -0.25) is 0 Å². The van der Waals surface area contributed by atoms with Crippen molar-refractivity contribution < 1.29 is 0 Å². The van der Waals surface area contributed by atoms with Crippen molar-refractivity contribution in [3.05, 3.63) is 271 Å². The van der Waals surface area contributed by atoms with E-state index in [1.807, 2.05) is 0 Å². The zero-order valence-electron chi connectivity index (χ0n) is 33.5. The van der Waals surface area contributed by atoms with E-state index in [9.17, 15) is 0 Å². The minimum atomic E-state index is -0.383. The third kappa shape index (κ3) is 5.92. The van der Waals surface area contributed by atoms with Gasteiger partial charge in [0.05, 0.1) is 11.1 Å². The third-order valence-electron chi connectivity index (χ3n) is 13.1. The number of anilines is 3. The molecule has 0 amide bonds. The van der Waals surface area contributed by atoms with E-state index in [4.69, 9.17) is 0 Å². The van der Waals surface area contributed by atoms with E-state index in [-0.39, 0.29) is 23.2 Å². The minimum Gasteiger partial charge on any atom is -0.310 e. The molecule has 3 aliphatic rings. The summed E-state index contributed by atoms with van der Waals surface area (Å²) in [6, 6.07) is 72.3. The maximum absolute atomic E-state index is 2.54. The van der Waals surface area contributed by atoms with Crippen molar-refractivity contribution >= 4 is 27.8 Å². The fraction of sp³-hybridized carbons (Fsp3) is 0.0847. The Bertz CT molecular complexity index is 2970. The first-order chi connectivity index (χ1) is 29.8.